The molecule has 0 aliphatic heterocycles. The summed E-state index contributed by atoms with van der Waals surface area (Å²) in [6.07, 6.45) is 1.54. The minimum Gasteiger partial charge on any atom is -0.355 e. The van der Waals surface area contributed by atoms with E-state index in [1.807, 2.05) is 6.92 Å². The van der Waals surface area contributed by atoms with E-state index < -0.39 is 0 Å². The molecule has 0 aliphatic rings. The minimum absolute atomic E-state index is 0.176. The fraction of sp³-hybridized carbons (Fsp3) is 0.333. The summed E-state index contributed by atoms with van der Waals surface area (Å²) in [5.41, 5.74) is 0.767. The van der Waals surface area contributed by atoms with Crippen LogP contribution in [0, 0.1) is 6.92 Å². The fourth-order valence-electron chi connectivity index (χ4n) is 1.03. The van der Waals surface area contributed by atoms with Crippen LogP contribution in [0.5, 0.6) is 0 Å². The summed E-state index contributed by atoms with van der Waals surface area (Å²) in [6, 6.07) is 1.45. The molecule has 4 heteroatoms. The zero-order valence-electron chi connectivity index (χ0n) is 7.92. The van der Waals surface area contributed by atoms with Gasteiger partial charge in [0, 0.05) is 32.1 Å². The Morgan fingerprint density at radius 3 is 2.69 bits per heavy atom. The molecule has 1 aromatic rings. The van der Waals surface area contributed by atoms with Crippen molar-refractivity contribution in [1.29, 1.82) is 0 Å². The molecule has 1 heterocycles. The Kier molecular flexibility index (Phi) is 2.51. The number of carbonyl (C=O) groups is 1. The summed E-state index contributed by atoms with van der Waals surface area (Å²) in [5.74, 6) is -0.347. The van der Waals surface area contributed by atoms with E-state index in [9.17, 15) is 9.59 Å². The van der Waals surface area contributed by atoms with Gasteiger partial charge in [-0.05, 0) is 6.92 Å². The van der Waals surface area contributed by atoms with Gasteiger partial charge in [-0.25, -0.2) is 0 Å². The highest BCUT2D eigenvalue weighted by Gasteiger charge is 2.08. The quantitative estimate of drug-likeness (QED) is 0.664. The monoisotopic (exact) mass is 180 g/mol. The maximum atomic E-state index is 11.3. The second kappa shape index (κ2) is 3.43. The van der Waals surface area contributed by atoms with Crippen LogP contribution in [-0.4, -0.2) is 17.5 Å². The van der Waals surface area contributed by atoms with Crippen molar-refractivity contribution in [3.8, 4) is 0 Å². The number of hydrogen-bond donors (Lipinski definition) is 1. The van der Waals surface area contributed by atoms with E-state index in [2.05, 4.69) is 5.32 Å². The molecule has 0 aromatic carbocycles. The molecule has 0 unspecified atom stereocenters. The van der Waals surface area contributed by atoms with Crippen LogP contribution in [0.2, 0.25) is 0 Å². The van der Waals surface area contributed by atoms with E-state index in [4.69, 9.17) is 0 Å². The van der Waals surface area contributed by atoms with Crippen molar-refractivity contribution >= 4 is 5.91 Å². The Balaban J connectivity index is 3.32. The van der Waals surface area contributed by atoms with Crippen LogP contribution in [0.15, 0.2) is 17.1 Å². The third-order valence-corrected chi connectivity index (χ3v) is 1.96. The number of nitrogens with one attached hydrogen (secondary N) is 1. The van der Waals surface area contributed by atoms with Gasteiger partial charge in [0.1, 0.15) is 5.56 Å². The molecular formula is C9H12N2O2. The number of aromatic nitrogens is 1. The molecule has 1 rings (SSSR count). The molecule has 70 valence electrons. The van der Waals surface area contributed by atoms with E-state index in [0.29, 0.717) is 0 Å². The molecule has 13 heavy (non-hydrogen) atoms. The molecule has 0 bridgehead atoms. The van der Waals surface area contributed by atoms with Crippen molar-refractivity contribution in [1.82, 2.24) is 9.88 Å². The molecule has 1 N–H and O–H groups in total. The number of amides is 1. The van der Waals surface area contributed by atoms with Gasteiger partial charge in [-0.2, -0.15) is 0 Å². The molecular weight excluding hydrogens is 168 g/mol. The van der Waals surface area contributed by atoms with Crippen LogP contribution < -0.4 is 10.7 Å². The summed E-state index contributed by atoms with van der Waals surface area (Å²) in [5, 5.41) is 2.42. The summed E-state index contributed by atoms with van der Waals surface area (Å²) in [6.45, 7) is 1.81. The average Bonchev–Trinajstić information content (AvgIpc) is 2.10. The van der Waals surface area contributed by atoms with Crippen LogP contribution in [0.3, 0.4) is 0 Å². The molecule has 4 nitrogen and oxygen atoms in total. The molecule has 0 spiro atoms. The summed E-state index contributed by atoms with van der Waals surface area (Å²) >= 11 is 0. The van der Waals surface area contributed by atoms with Gasteiger partial charge in [0.25, 0.3) is 5.91 Å². The SMILES string of the molecule is CNC(=O)c1cn(C)c(C)cc1=O. The van der Waals surface area contributed by atoms with Crippen LogP contribution >= 0.6 is 0 Å². The molecule has 1 amide bonds. The Bertz CT molecular complexity index is 393. The normalized spacial score (nSPS) is 9.77. The van der Waals surface area contributed by atoms with E-state index in [0.717, 1.165) is 5.69 Å². The van der Waals surface area contributed by atoms with Gasteiger partial charge in [0.15, 0.2) is 5.43 Å². The molecule has 0 saturated heterocycles. The standard InChI is InChI=1S/C9H12N2O2/c1-6-4-8(12)7(5-11(6)3)9(13)10-2/h4-5H,1-3H3,(H,10,13). The molecule has 0 fully saturated rings. The van der Waals surface area contributed by atoms with E-state index in [-0.39, 0.29) is 16.9 Å². The van der Waals surface area contributed by atoms with E-state index in [1.54, 1.807) is 11.6 Å². The van der Waals surface area contributed by atoms with Crippen molar-refractivity contribution < 1.29 is 4.79 Å². The van der Waals surface area contributed by atoms with Crippen molar-refractivity contribution in [3.05, 3.63) is 33.7 Å². The van der Waals surface area contributed by atoms with Crippen molar-refractivity contribution in [3.63, 3.8) is 0 Å². The highest BCUT2D eigenvalue weighted by atomic mass is 16.2. The van der Waals surface area contributed by atoms with E-state index in [1.165, 1.54) is 19.3 Å². The highest BCUT2D eigenvalue weighted by Crippen LogP contribution is 1.95. The lowest BCUT2D eigenvalue weighted by Gasteiger charge is -2.05. The highest BCUT2D eigenvalue weighted by molar-refractivity contribution is 5.93. The fourth-order valence-corrected chi connectivity index (χ4v) is 1.03. The molecule has 0 atom stereocenters. The molecule has 0 aliphatic carbocycles. The maximum absolute atomic E-state index is 11.3. The molecule has 0 radical (unpaired) electrons. The average molecular weight is 180 g/mol. The van der Waals surface area contributed by atoms with Crippen LogP contribution in [0.25, 0.3) is 0 Å². The predicted molar refractivity (Wildman–Crippen MR) is 49.8 cm³/mol. The number of pyridine rings is 1. The number of nitrogens with zero attached hydrogens (tertiary/aromatic N) is 1. The minimum atomic E-state index is -0.347. The first-order valence-electron chi connectivity index (χ1n) is 3.95. The second-order valence-electron chi connectivity index (χ2n) is 2.88. The van der Waals surface area contributed by atoms with Gasteiger partial charge >= 0.3 is 0 Å². The topological polar surface area (TPSA) is 51.1 Å². The van der Waals surface area contributed by atoms with Gasteiger partial charge in [0.05, 0.1) is 0 Å². The van der Waals surface area contributed by atoms with Gasteiger partial charge in [-0.1, -0.05) is 0 Å². The van der Waals surface area contributed by atoms with E-state index >= 15 is 0 Å². The Morgan fingerprint density at radius 1 is 1.54 bits per heavy atom. The Morgan fingerprint density at radius 2 is 2.15 bits per heavy atom. The number of carbonyl (C=O) groups excluding carboxylic acids is 1. The first-order valence-corrected chi connectivity index (χ1v) is 3.95. The number of rotatable bonds is 1. The molecule has 1 aromatic heterocycles. The summed E-state index contributed by atoms with van der Waals surface area (Å²) in [4.78, 5) is 22.5. The predicted octanol–water partition coefficient (Wildman–Crippen LogP) is 0.0533. The largest absolute Gasteiger partial charge is 0.355 e. The van der Waals surface area contributed by atoms with Gasteiger partial charge in [-0.15, -0.1) is 0 Å². The third kappa shape index (κ3) is 1.77. The number of hydrogen-bond acceptors (Lipinski definition) is 2. The lowest BCUT2D eigenvalue weighted by atomic mass is 10.2. The first kappa shape index (κ1) is 9.51. The third-order valence-electron chi connectivity index (χ3n) is 1.96. The van der Waals surface area contributed by atoms with Crippen molar-refractivity contribution in [2.45, 2.75) is 6.92 Å². The molecule has 0 saturated carbocycles. The van der Waals surface area contributed by atoms with Crippen LogP contribution in [-0.2, 0) is 7.05 Å². The first-order chi connectivity index (χ1) is 6.06. The zero-order chi connectivity index (χ0) is 10.0. The Labute approximate surface area is 76.2 Å². The van der Waals surface area contributed by atoms with Crippen molar-refractivity contribution in [2.75, 3.05) is 7.05 Å². The summed E-state index contributed by atoms with van der Waals surface area (Å²) in [7, 11) is 3.29. The Hall–Kier alpha value is -1.58. The van der Waals surface area contributed by atoms with Crippen molar-refractivity contribution in [2.24, 2.45) is 7.05 Å². The van der Waals surface area contributed by atoms with Gasteiger partial charge < -0.3 is 9.88 Å². The smallest absolute Gasteiger partial charge is 0.256 e. The lowest BCUT2D eigenvalue weighted by molar-refractivity contribution is 0.0961. The van der Waals surface area contributed by atoms with Gasteiger partial charge in [-0.3, -0.25) is 9.59 Å². The maximum Gasteiger partial charge on any atom is 0.256 e. The zero-order valence-corrected chi connectivity index (χ0v) is 7.92. The number of aryl methyl sites for hydroxylation is 2. The lowest BCUT2D eigenvalue weighted by Crippen LogP contribution is -2.26. The van der Waals surface area contributed by atoms with Crippen LogP contribution in [0.1, 0.15) is 16.1 Å². The van der Waals surface area contributed by atoms with Crippen LogP contribution in [0.4, 0.5) is 0 Å². The summed E-state index contributed by atoms with van der Waals surface area (Å²) < 4.78 is 1.74. The van der Waals surface area contributed by atoms with Gasteiger partial charge in [0.2, 0.25) is 0 Å². The second-order valence-corrected chi connectivity index (χ2v) is 2.88.